The second kappa shape index (κ2) is 11.0. The molecule has 2 unspecified atom stereocenters. The Hall–Kier alpha value is -3.59. The topological polar surface area (TPSA) is 87.2 Å². The number of rotatable bonds is 7. The number of Topliss-reactive ketones (excluding diaryl/α,β-unsaturated/α-hetero) is 2. The first-order valence-corrected chi connectivity index (χ1v) is 13.7. The molecule has 1 fully saturated rings. The van der Waals surface area contributed by atoms with Crippen molar-refractivity contribution in [3.8, 4) is 17.2 Å². The molecule has 5 rings (SSSR count). The fourth-order valence-electron chi connectivity index (χ4n) is 6.29. The lowest BCUT2D eigenvalue weighted by Gasteiger charge is -2.43. The first-order valence-electron chi connectivity index (χ1n) is 13.7. The molecule has 0 radical (unpaired) electrons. The molecule has 194 valence electrons. The van der Waals surface area contributed by atoms with E-state index in [0.717, 1.165) is 74.8 Å². The zero-order valence-corrected chi connectivity index (χ0v) is 22.1. The summed E-state index contributed by atoms with van der Waals surface area (Å²) in [5, 5.41) is 9.45. The highest BCUT2D eigenvalue weighted by molar-refractivity contribution is 6.01. The Balaban J connectivity index is 1.33. The van der Waals surface area contributed by atoms with Crippen molar-refractivity contribution >= 4 is 11.6 Å². The first kappa shape index (κ1) is 26.0. The number of nitrogens with zero attached hydrogens (tertiary/aromatic N) is 2. The van der Waals surface area contributed by atoms with Crippen molar-refractivity contribution in [2.24, 2.45) is 11.1 Å². The number of fused-ring (bicyclic) bond motifs is 1. The number of benzene rings is 3. The van der Waals surface area contributed by atoms with E-state index in [1.807, 2.05) is 60.7 Å². The standard InChI is InChI=1S/C33H35N3O2/c1-23(37)24-8-10-25(11-9-24)26-12-14-27(15-13-26)32(38)33(17-3-2-7-31(33)35)18-20-36-19-16-30-28(21-34)5-4-6-29(30)22-36/h4-6,8-15,31H,2-3,7,16-20,22,35H2,1H3. The Morgan fingerprint density at radius 3 is 2.32 bits per heavy atom. The van der Waals surface area contributed by atoms with Crippen molar-refractivity contribution in [3.63, 3.8) is 0 Å². The molecule has 0 saturated heterocycles. The van der Waals surface area contributed by atoms with Crippen LogP contribution in [-0.4, -0.2) is 35.6 Å². The lowest BCUT2D eigenvalue weighted by Crippen LogP contribution is -2.51. The minimum atomic E-state index is -0.558. The van der Waals surface area contributed by atoms with Gasteiger partial charge in [-0.3, -0.25) is 14.5 Å². The monoisotopic (exact) mass is 505 g/mol. The average Bonchev–Trinajstić information content (AvgIpc) is 2.96. The van der Waals surface area contributed by atoms with Crippen molar-refractivity contribution in [2.45, 2.75) is 58.0 Å². The highest BCUT2D eigenvalue weighted by Gasteiger charge is 2.45. The normalized spacial score (nSPS) is 21.3. The molecule has 38 heavy (non-hydrogen) atoms. The Morgan fingerprint density at radius 1 is 1.00 bits per heavy atom. The van der Waals surface area contributed by atoms with E-state index in [2.05, 4.69) is 17.0 Å². The van der Waals surface area contributed by atoms with Crippen LogP contribution in [0.5, 0.6) is 0 Å². The van der Waals surface area contributed by atoms with Crippen LogP contribution in [0.15, 0.2) is 66.7 Å². The maximum absolute atomic E-state index is 14.1. The van der Waals surface area contributed by atoms with Gasteiger partial charge >= 0.3 is 0 Å². The molecule has 0 amide bonds. The van der Waals surface area contributed by atoms with Gasteiger partial charge in [0.1, 0.15) is 0 Å². The van der Waals surface area contributed by atoms with Crippen molar-refractivity contribution in [1.29, 1.82) is 5.26 Å². The van der Waals surface area contributed by atoms with Crippen LogP contribution in [0.1, 0.15) is 76.4 Å². The van der Waals surface area contributed by atoms with Gasteiger partial charge in [0.15, 0.2) is 11.6 Å². The fourth-order valence-corrected chi connectivity index (χ4v) is 6.29. The molecule has 3 aromatic rings. The molecule has 0 aromatic heterocycles. The van der Waals surface area contributed by atoms with Gasteiger partial charge < -0.3 is 5.73 Å². The molecule has 1 heterocycles. The van der Waals surface area contributed by atoms with Crippen LogP contribution < -0.4 is 5.73 Å². The van der Waals surface area contributed by atoms with E-state index in [4.69, 9.17) is 5.73 Å². The van der Waals surface area contributed by atoms with Gasteiger partial charge in [-0.1, -0.05) is 73.5 Å². The SMILES string of the molecule is CC(=O)c1ccc(-c2ccc(C(=O)C3(CCN4CCc5c(C#N)cccc5C4)CCCCC3N)cc2)cc1. The molecule has 2 aliphatic rings. The van der Waals surface area contributed by atoms with Gasteiger partial charge in [-0.25, -0.2) is 0 Å². The third-order valence-corrected chi connectivity index (χ3v) is 8.66. The van der Waals surface area contributed by atoms with Gasteiger partial charge in [-0.15, -0.1) is 0 Å². The number of hydrogen-bond donors (Lipinski definition) is 1. The van der Waals surface area contributed by atoms with Crippen LogP contribution >= 0.6 is 0 Å². The Kier molecular flexibility index (Phi) is 7.56. The summed E-state index contributed by atoms with van der Waals surface area (Å²) in [6.07, 6.45) is 5.40. The number of nitrogens with two attached hydrogens (primary N) is 1. The fraction of sp³-hybridized carbons (Fsp3) is 0.364. The van der Waals surface area contributed by atoms with Gasteiger partial charge in [0.25, 0.3) is 0 Å². The molecule has 0 bridgehead atoms. The summed E-state index contributed by atoms with van der Waals surface area (Å²) in [6.45, 7) is 4.08. The van der Waals surface area contributed by atoms with Gasteiger partial charge in [-0.05, 0) is 67.5 Å². The molecule has 1 saturated carbocycles. The smallest absolute Gasteiger partial charge is 0.170 e. The summed E-state index contributed by atoms with van der Waals surface area (Å²) >= 11 is 0. The van der Waals surface area contributed by atoms with Gasteiger partial charge in [0.05, 0.1) is 11.6 Å². The zero-order chi connectivity index (χ0) is 26.7. The van der Waals surface area contributed by atoms with E-state index in [0.29, 0.717) is 11.1 Å². The summed E-state index contributed by atoms with van der Waals surface area (Å²) in [5.41, 5.74) is 12.8. The van der Waals surface area contributed by atoms with Crippen LogP contribution in [0.2, 0.25) is 0 Å². The van der Waals surface area contributed by atoms with E-state index >= 15 is 0 Å². The quantitative estimate of drug-likeness (QED) is 0.401. The van der Waals surface area contributed by atoms with E-state index in [-0.39, 0.29) is 17.6 Å². The molecular weight excluding hydrogens is 470 g/mol. The minimum Gasteiger partial charge on any atom is -0.327 e. The summed E-state index contributed by atoms with van der Waals surface area (Å²) in [4.78, 5) is 28.1. The van der Waals surface area contributed by atoms with E-state index < -0.39 is 5.41 Å². The molecule has 2 N–H and O–H groups in total. The second-order valence-corrected chi connectivity index (χ2v) is 10.9. The van der Waals surface area contributed by atoms with E-state index in [9.17, 15) is 14.9 Å². The van der Waals surface area contributed by atoms with Gasteiger partial charge in [0, 0.05) is 35.7 Å². The highest BCUT2D eigenvalue weighted by atomic mass is 16.1. The third kappa shape index (κ3) is 5.07. The van der Waals surface area contributed by atoms with Crippen molar-refractivity contribution in [1.82, 2.24) is 4.90 Å². The second-order valence-electron chi connectivity index (χ2n) is 10.9. The Labute approximate surface area is 225 Å². The molecule has 0 spiro atoms. The molecule has 1 aliphatic carbocycles. The highest BCUT2D eigenvalue weighted by Crippen LogP contribution is 2.42. The predicted molar refractivity (Wildman–Crippen MR) is 150 cm³/mol. The van der Waals surface area contributed by atoms with Crippen molar-refractivity contribution < 1.29 is 9.59 Å². The number of ketones is 2. The molecule has 5 nitrogen and oxygen atoms in total. The summed E-state index contributed by atoms with van der Waals surface area (Å²) in [6, 6.07) is 23.6. The van der Waals surface area contributed by atoms with Crippen LogP contribution in [0.25, 0.3) is 11.1 Å². The van der Waals surface area contributed by atoms with Crippen LogP contribution in [0, 0.1) is 16.7 Å². The Morgan fingerprint density at radius 2 is 1.68 bits per heavy atom. The predicted octanol–water partition coefficient (Wildman–Crippen LogP) is 5.95. The maximum atomic E-state index is 14.1. The largest absolute Gasteiger partial charge is 0.327 e. The molecule has 2 atom stereocenters. The minimum absolute atomic E-state index is 0.0484. The molecule has 3 aromatic carbocycles. The van der Waals surface area contributed by atoms with Crippen LogP contribution in [0.4, 0.5) is 0 Å². The van der Waals surface area contributed by atoms with Gasteiger partial charge in [-0.2, -0.15) is 5.26 Å². The van der Waals surface area contributed by atoms with Crippen LogP contribution in [0.3, 0.4) is 0 Å². The number of carbonyl (C=O) groups is 2. The van der Waals surface area contributed by atoms with Crippen LogP contribution in [-0.2, 0) is 13.0 Å². The van der Waals surface area contributed by atoms with Crippen molar-refractivity contribution in [2.75, 3.05) is 13.1 Å². The third-order valence-electron chi connectivity index (χ3n) is 8.66. The molecule has 5 heteroatoms. The number of nitriles is 1. The first-order chi connectivity index (χ1) is 18.4. The van der Waals surface area contributed by atoms with E-state index in [1.54, 1.807) is 6.92 Å². The van der Waals surface area contributed by atoms with E-state index in [1.165, 1.54) is 11.1 Å². The summed E-state index contributed by atoms with van der Waals surface area (Å²) in [5.74, 6) is 0.208. The molecule has 1 aliphatic heterocycles. The molecular formula is C33H35N3O2. The Bertz CT molecular complexity index is 1370. The zero-order valence-electron chi connectivity index (χ0n) is 22.1. The maximum Gasteiger partial charge on any atom is 0.170 e. The number of hydrogen-bond acceptors (Lipinski definition) is 5. The number of carbonyl (C=O) groups excluding carboxylic acids is 2. The lowest BCUT2D eigenvalue weighted by molar-refractivity contribution is 0.0588. The lowest BCUT2D eigenvalue weighted by atomic mass is 9.64. The summed E-state index contributed by atoms with van der Waals surface area (Å²) < 4.78 is 0. The summed E-state index contributed by atoms with van der Waals surface area (Å²) in [7, 11) is 0. The van der Waals surface area contributed by atoms with Gasteiger partial charge in [0.2, 0.25) is 0 Å². The van der Waals surface area contributed by atoms with Crippen molar-refractivity contribution in [3.05, 3.63) is 94.5 Å². The average molecular weight is 506 g/mol.